The predicted octanol–water partition coefficient (Wildman–Crippen LogP) is 2.46. The van der Waals surface area contributed by atoms with E-state index in [1.807, 2.05) is 13.8 Å². The first-order chi connectivity index (χ1) is 13.7. The van der Waals surface area contributed by atoms with Gasteiger partial charge in [-0.05, 0) is 38.1 Å². The molecule has 1 aromatic rings. The first-order valence-electron chi connectivity index (χ1n) is 9.78. The topological polar surface area (TPSA) is 85.0 Å². The fourth-order valence-electron chi connectivity index (χ4n) is 3.99. The van der Waals surface area contributed by atoms with Gasteiger partial charge >= 0.3 is 12.1 Å². The molecule has 2 N–H and O–H groups in total. The van der Waals surface area contributed by atoms with Gasteiger partial charge in [0.2, 0.25) is 5.91 Å². The lowest BCUT2D eigenvalue weighted by atomic mass is 9.86. The molecule has 0 bridgehead atoms. The summed E-state index contributed by atoms with van der Waals surface area (Å²) in [4.78, 5) is 43.0. The Morgan fingerprint density at radius 3 is 2.14 bits per heavy atom. The third kappa shape index (κ3) is 5.12. The Hall–Kier alpha value is -2.48. The Morgan fingerprint density at radius 1 is 1.03 bits per heavy atom. The van der Waals surface area contributed by atoms with Gasteiger partial charge in [0.1, 0.15) is 0 Å². The Bertz CT molecular complexity index is 785. The number of hydrogen-bond acceptors (Lipinski definition) is 3. The highest BCUT2D eigenvalue weighted by molar-refractivity contribution is 6.30. The summed E-state index contributed by atoms with van der Waals surface area (Å²) in [6, 6.07) is 6.50. The van der Waals surface area contributed by atoms with Crippen molar-refractivity contribution in [2.24, 2.45) is 5.41 Å². The van der Waals surface area contributed by atoms with Gasteiger partial charge in [0, 0.05) is 68.4 Å². The molecular weight excluding hydrogens is 394 g/mol. The summed E-state index contributed by atoms with van der Waals surface area (Å²) in [5.74, 6) is 0.0363. The number of anilines is 1. The molecule has 0 aromatic heterocycles. The Kier molecular flexibility index (Phi) is 6.21. The molecule has 0 saturated carbocycles. The summed E-state index contributed by atoms with van der Waals surface area (Å²) in [7, 11) is 1.76. The van der Waals surface area contributed by atoms with E-state index in [0.717, 1.165) is 0 Å². The fourth-order valence-corrected chi connectivity index (χ4v) is 4.12. The van der Waals surface area contributed by atoms with E-state index in [0.29, 0.717) is 49.9 Å². The van der Waals surface area contributed by atoms with Crippen molar-refractivity contribution < 1.29 is 14.4 Å². The minimum absolute atomic E-state index is 0.0129. The zero-order chi connectivity index (χ0) is 21.2. The lowest BCUT2D eigenvalue weighted by Gasteiger charge is -2.33. The molecule has 2 aliphatic rings. The lowest BCUT2D eigenvalue weighted by Crippen LogP contribution is -2.49. The second kappa shape index (κ2) is 8.49. The molecule has 9 heteroatoms. The largest absolute Gasteiger partial charge is 0.345 e. The van der Waals surface area contributed by atoms with E-state index in [2.05, 4.69) is 10.6 Å². The van der Waals surface area contributed by atoms with Crippen molar-refractivity contribution in [2.45, 2.75) is 26.3 Å². The molecule has 1 aromatic carbocycles. The number of urea groups is 2. The number of nitrogens with one attached hydrogen (secondary N) is 2. The van der Waals surface area contributed by atoms with Crippen LogP contribution in [0.3, 0.4) is 0 Å². The summed E-state index contributed by atoms with van der Waals surface area (Å²) in [6.45, 7) is 5.98. The molecule has 2 saturated heterocycles. The van der Waals surface area contributed by atoms with Gasteiger partial charge in [-0.2, -0.15) is 0 Å². The highest BCUT2D eigenvalue weighted by atomic mass is 35.5. The summed E-state index contributed by atoms with van der Waals surface area (Å²) < 4.78 is 0. The highest BCUT2D eigenvalue weighted by Gasteiger charge is 2.47. The van der Waals surface area contributed by atoms with Gasteiger partial charge in [-0.1, -0.05) is 11.6 Å². The number of benzene rings is 1. The number of likely N-dealkylation sites (tertiary alicyclic amines) is 1. The molecule has 5 amide bonds. The quantitative estimate of drug-likeness (QED) is 0.769. The smallest absolute Gasteiger partial charge is 0.321 e. The van der Waals surface area contributed by atoms with Crippen LogP contribution in [0, 0.1) is 5.41 Å². The van der Waals surface area contributed by atoms with E-state index in [1.54, 1.807) is 46.0 Å². The normalized spacial score (nSPS) is 22.2. The highest BCUT2D eigenvalue weighted by Crippen LogP contribution is 2.34. The van der Waals surface area contributed by atoms with E-state index in [1.165, 1.54) is 0 Å². The second-order valence-corrected chi connectivity index (χ2v) is 8.75. The van der Waals surface area contributed by atoms with Crippen LogP contribution in [0.1, 0.15) is 20.3 Å². The maximum absolute atomic E-state index is 12.9. The Labute approximate surface area is 176 Å². The SMILES string of the molecule is CC(C)NC(=O)N1CCN(C(=O)Nc2ccc(Cl)cc2)C[C@]2(CC(=O)N(C)C2)C1. The molecule has 2 heterocycles. The second-order valence-electron chi connectivity index (χ2n) is 8.31. The van der Waals surface area contributed by atoms with Gasteiger partial charge in [-0.3, -0.25) is 4.79 Å². The molecule has 0 aliphatic carbocycles. The molecular formula is C20H28ClN5O3. The third-order valence-electron chi connectivity index (χ3n) is 5.30. The molecule has 2 fully saturated rings. The van der Waals surface area contributed by atoms with Crippen LogP contribution in [-0.4, -0.2) is 78.5 Å². The number of nitrogens with zero attached hydrogens (tertiary/aromatic N) is 3. The zero-order valence-electron chi connectivity index (χ0n) is 17.1. The van der Waals surface area contributed by atoms with Gasteiger partial charge in [0.05, 0.1) is 0 Å². The Balaban J connectivity index is 1.78. The maximum Gasteiger partial charge on any atom is 0.321 e. The molecule has 8 nitrogen and oxygen atoms in total. The Morgan fingerprint density at radius 2 is 1.62 bits per heavy atom. The average Bonchev–Trinajstić information content (AvgIpc) is 2.80. The molecule has 29 heavy (non-hydrogen) atoms. The van der Waals surface area contributed by atoms with E-state index in [9.17, 15) is 14.4 Å². The van der Waals surface area contributed by atoms with E-state index >= 15 is 0 Å². The maximum atomic E-state index is 12.9. The summed E-state index contributed by atoms with van der Waals surface area (Å²) in [5, 5.41) is 6.39. The number of carbonyl (C=O) groups excluding carboxylic acids is 3. The monoisotopic (exact) mass is 421 g/mol. The van der Waals surface area contributed by atoms with Crippen molar-refractivity contribution >= 4 is 35.3 Å². The van der Waals surface area contributed by atoms with Crippen molar-refractivity contribution in [1.82, 2.24) is 20.0 Å². The van der Waals surface area contributed by atoms with Crippen LogP contribution in [0.4, 0.5) is 15.3 Å². The zero-order valence-corrected chi connectivity index (χ0v) is 17.8. The molecule has 0 unspecified atom stereocenters. The van der Waals surface area contributed by atoms with E-state index < -0.39 is 5.41 Å². The minimum atomic E-state index is -0.478. The summed E-state index contributed by atoms with van der Waals surface area (Å²) in [5.41, 5.74) is 0.167. The number of amides is 5. The predicted molar refractivity (Wildman–Crippen MR) is 112 cm³/mol. The van der Waals surface area contributed by atoms with Crippen LogP contribution in [0.2, 0.25) is 5.02 Å². The molecule has 1 spiro atoms. The van der Waals surface area contributed by atoms with Crippen LogP contribution >= 0.6 is 11.6 Å². The minimum Gasteiger partial charge on any atom is -0.345 e. The van der Waals surface area contributed by atoms with E-state index in [4.69, 9.17) is 11.6 Å². The lowest BCUT2D eigenvalue weighted by molar-refractivity contribution is -0.126. The molecule has 1 atom stereocenters. The van der Waals surface area contributed by atoms with Crippen LogP contribution in [-0.2, 0) is 4.79 Å². The molecule has 3 rings (SSSR count). The number of hydrogen-bond donors (Lipinski definition) is 2. The molecule has 0 radical (unpaired) electrons. The number of halogens is 1. The van der Waals surface area contributed by atoms with E-state index in [-0.39, 0.29) is 24.0 Å². The third-order valence-corrected chi connectivity index (χ3v) is 5.55. The van der Waals surface area contributed by atoms with Crippen LogP contribution in [0.15, 0.2) is 24.3 Å². The molecule has 2 aliphatic heterocycles. The van der Waals surface area contributed by atoms with Crippen molar-refractivity contribution in [2.75, 3.05) is 45.1 Å². The van der Waals surface area contributed by atoms with Gasteiger partial charge < -0.3 is 25.3 Å². The van der Waals surface area contributed by atoms with Crippen molar-refractivity contribution in [3.63, 3.8) is 0 Å². The number of rotatable bonds is 2. The average molecular weight is 422 g/mol. The fraction of sp³-hybridized carbons (Fsp3) is 0.550. The van der Waals surface area contributed by atoms with Crippen LogP contribution in [0.5, 0.6) is 0 Å². The first-order valence-corrected chi connectivity index (χ1v) is 10.2. The van der Waals surface area contributed by atoms with Crippen molar-refractivity contribution in [3.05, 3.63) is 29.3 Å². The summed E-state index contributed by atoms with van der Waals surface area (Å²) in [6.07, 6.45) is 0.319. The van der Waals surface area contributed by atoms with Crippen LogP contribution in [0.25, 0.3) is 0 Å². The van der Waals surface area contributed by atoms with Gasteiger partial charge in [0.15, 0.2) is 0 Å². The standard InChI is InChI=1S/C20H28ClN5O3/c1-14(2)22-18(28)25-8-9-26(13-20(12-25)10-17(27)24(3)11-20)19(29)23-16-6-4-15(21)5-7-16/h4-7,14H,8-13H2,1-3H3,(H,22,28)(H,23,29)/t20-/m0/s1. The molecule has 158 valence electrons. The van der Waals surface area contributed by atoms with Crippen LogP contribution < -0.4 is 10.6 Å². The van der Waals surface area contributed by atoms with Crippen molar-refractivity contribution in [3.8, 4) is 0 Å². The van der Waals surface area contributed by atoms with Gasteiger partial charge in [-0.25, -0.2) is 9.59 Å². The van der Waals surface area contributed by atoms with Gasteiger partial charge in [0.25, 0.3) is 0 Å². The first kappa shape index (κ1) is 21.2. The summed E-state index contributed by atoms with van der Waals surface area (Å²) >= 11 is 5.91. The number of carbonyl (C=O) groups is 3. The van der Waals surface area contributed by atoms with Gasteiger partial charge in [-0.15, -0.1) is 0 Å². The van der Waals surface area contributed by atoms with Crippen molar-refractivity contribution in [1.29, 1.82) is 0 Å².